The number of unbranched alkanes of at least 4 members (excludes halogenated alkanes) is 3. The molecule has 2 aliphatic rings. The second kappa shape index (κ2) is 13.8. The van der Waals surface area contributed by atoms with Gasteiger partial charge in [0.2, 0.25) is 5.91 Å². The summed E-state index contributed by atoms with van der Waals surface area (Å²) in [6.45, 7) is 6.43. The summed E-state index contributed by atoms with van der Waals surface area (Å²) in [6.07, 6.45) is 17.2. The topological polar surface area (TPSA) is 54.5 Å². The van der Waals surface area contributed by atoms with Crippen molar-refractivity contribution in [2.75, 3.05) is 26.2 Å². The number of carbonyl (C=O) groups is 1. The fourth-order valence-corrected chi connectivity index (χ4v) is 5.62. The van der Waals surface area contributed by atoms with E-state index < -0.39 is 0 Å². The van der Waals surface area contributed by atoms with E-state index in [-0.39, 0.29) is 12.0 Å². The molecule has 0 bridgehead atoms. The van der Waals surface area contributed by atoms with Crippen LogP contribution in [0.5, 0.6) is 5.75 Å². The third-order valence-corrected chi connectivity index (χ3v) is 7.80. The van der Waals surface area contributed by atoms with Crippen LogP contribution in [0.15, 0.2) is 30.5 Å². The zero-order valence-corrected chi connectivity index (χ0v) is 21.8. The van der Waals surface area contributed by atoms with Crippen molar-refractivity contribution in [1.29, 1.82) is 0 Å². The van der Waals surface area contributed by atoms with Gasteiger partial charge in [-0.15, -0.1) is 0 Å². The van der Waals surface area contributed by atoms with Crippen LogP contribution in [0.2, 0.25) is 0 Å². The molecule has 1 aliphatic carbocycles. The molecule has 1 amide bonds. The SMILES string of the molecule is CCCCc1cc(OC2CCN(CCCCCNC(=O)C3CCCCC3)CC2)c2ncccc2c1. The quantitative estimate of drug-likeness (QED) is 0.364. The number of fused-ring (bicyclic) bond motifs is 1. The van der Waals surface area contributed by atoms with E-state index in [2.05, 4.69) is 40.3 Å². The maximum atomic E-state index is 12.2. The number of hydrogen-bond acceptors (Lipinski definition) is 4. The number of carbonyl (C=O) groups excluding carboxylic acids is 1. The highest BCUT2D eigenvalue weighted by Crippen LogP contribution is 2.29. The van der Waals surface area contributed by atoms with Crippen LogP contribution in [0, 0.1) is 5.92 Å². The Balaban J connectivity index is 1.14. The highest BCUT2D eigenvalue weighted by Gasteiger charge is 2.22. The number of benzene rings is 1. The Morgan fingerprint density at radius 1 is 1.06 bits per heavy atom. The van der Waals surface area contributed by atoms with E-state index in [1.165, 1.54) is 55.9 Å². The van der Waals surface area contributed by atoms with Crippen molar-refractivity contribution in [3.63, 3.8) is 0 Å². The van der Waals surface area contributed by atoms with Crippen molar-refractivity contribution in [2.45, 2.75) is 96.5 Å². The third kappa shape index (κ3) is 7.93. The molecule has 1 saturated heterocycles. The molecule has 5 heteroatoms. The van der Waals surface area contributed by atoms with Crippen LogP contribution in [-0.2, 0) is 11.2 Å². The number of aryl methyl sites for hydroxylation is 1. The molecule has 0 spiro atoms. The first kappa shape index (κ1) is 25.9. The Morgan fingerprint density at radius 3 is 2.69 bits per heavy atom. The Hall–Kier alpha value is -2.14. The van der Waals surface area contributed by atoms with Gasteiger partial charge in [0.05, 0.1) is 0 Å². The number of piperidine rings is 1. The lowest BCUT2D eigenvalue weighted by atomic mass is 9.89. The van der Waals surface area contributed by atoms with Gasteiger partial charge < -0.3 is 15.0 Å². The molecule has 0 radical (unpaired) electrons. The van der Waals surface area contributed by atoms with Gasteiger partial charge in [-0.05, 0) is 81.7 Å². The third-order valence-electron chi connectivity index (χ3n) is 7.80. The Bertz CT molecular complexity index is 917. The van der Waals surface area contributed by atoms with Gasteiger partial charge in [0.15, 0.2) is 0 Å². The van der Waals surface area contributed by atoms with Crippen LogP contribution in [0.1, 0.15) is 89.5 Å². The summed E-state index contributed by atoms with van der Waals surface area (Å²) in [6, 6.07) is 8.66. The zero-order valence-electron chi connectivity index (χ0n) is 21.8. The minimum atomic E-state index is 0.271. The van der Waals surface area contributed by atoms with Crippen LogP contribution >= 0.6 is 0 Å². The lowest BCUT2D eigenvalue weighted by Crippen LogP contribution is -2.38. The molecule has 1 aliphatic heterocycles. The summed E-state index contributed by atoms with van der Waals surface area (Å²) in [5.41, 5.74) is 2.35. The van der Waals surface area contributed by atoms with Gasteiger partial charge >= 0.3 is 0 Å². The second-order valence-corrected chi connectivity index (χ2v) is 10.6. The van der Waals surface area contributed by atoms with Crippen molar-refractivity contribution in [3.8, 4) is 5.75 Å². The summed E-state index contributed by atoms with van der Waals surface area (Å²) in [5, 5.41) is 4.36. The lowest BCUT2D eigenvalue weighted by Gasteiger charge is -2.32. The number of aromatic nitrogens is 1. The molecular formula is C30H45N3O2. The zero-order chi connectivity index (χ0) is 24.3. The fraction of sp³-hybridized carbons (Fsp3) is 0.667. The maximum Gasteiger partial charge on any atom is 0.223 e. The van der Waals surface area contributed by atoms with Crippen molar-refractivity contribution in [2.24, 2.45) is 5.92 Å². The number of amides is 1. The molecule has 0 unspecified atom stereocenters. The van der Waals surface area contributed by atoms with Crippen molar-refractivity contribution < 1.29 is 9.53 Å². The first-order valence-corrected chi connectivity index (χ1v) is 14.3. The van der Waals surface area contributed by atoms with Crippen LogP contribution < -0.4 is 10.1 Å². The molecule has 2 fully saturated rings. The molecule has 4 rings (SSSR count). The largest absolute Gasteiger partial charge is 0.488 e. The second-order valence-electron chi connectivity index (χ2n) is 10.6. The van der Waals surface area contributed by atoms with Gasteiger partial charge in [0.1, 0.15) is 17.4 Å². The van der Waals surface area contributed by atoms with Crippen molar-refractivity contribution in [1.82, 2.24) is 15.2 Å². The number of hydrogen-bond donors (Lipinski definition) is 1. The van der Waals surface area contributed by atoms with E-state index in [1.807, 2.05) is 12.3 Å². The summed E-state index contributed by atoms with van der Waals surface area (Å²) >= 11 is 0. The average Bonchev–Trinajstić information content (AvgIpc) is 2.90. The number of nitrogens with one attached hydrogen (secondary N) is 1. The molecule has 1 saturated carbocycles. The van der Waals surface area contributed by atoms with Crippen molar-refractivity contribution >= 4 is 16.8 Å². The Kier molecular flexibility index (Phi) is 10.2. The van der Waals surface area contributed by atoms with E-state index in [9.17, 15) is 4.79 Å². The van der Waals surface area contributed by atoms with Crippen LogP contribution in [-0.4, -0.2) is 48.1 Å². The standard InChI is InChI=1S/C30H45N3O2/c1-2-3-11-24-22-26-14-10-18-31-29(26)28(23-24)35-27-15-20-33(21-16-27)19-9-5-8-17-32-30(34)25-12-6-4-7-13-25/h10,14,18,22-23,25,27H,2-9,11-13,15-17,19-21H2,1H3,(H,32,34). The molecule has 1 aromatic carbocycles. The number of likely N-dealkylation sites (tertiary alicyclic amines) is 1. The summed E-state index contributed by atoms with van der Waals surface area (Å²) in [4.78, 5) is 19.4. The smallest absolute Gasteiger partial charge is 0.223 e. The van der Waals surface area contributed by atoms with Crippen LogP contribution in [0.25, 0.3) is 10.9 Å². The summed E-state index contributed by atoms with van der Waals surface area (Å²) in [5.74, 6) is 1.54. The van der Waals surface area contributed by atoms with E-state index in [0.29, 0.717) is 5.91 Å². The van der Waals surface area contributed by atoms with Gasteiger partial charge in [-0.2, -0.15) is 0 Å². The summed E-state index contributed by atoms with van der Waals surface area (Å²) in [7, 11) is 0. The monoisotopic (exact) mass is 479 g/mol. The summed E-state index contributed by atoms with van der Waals surface area (Å²) < 4.78 is 6.54. The average molecular weight is 480 g/mol. The fourth-order valence-electron chi connectivity index (χ4n) is 5.62. The first-order chi connectivity index (χ1) is 17.2. The highest BCUT2D eigenvalue weighted by atomic mass is 16.5. The number of rotatable bonds is 12. The minimum absolute atomic E-state index is 0.271. The van der Waals surface area contributed by atoms with Gasteiger partial charge in [-0.25, -0.2) is 0 Å². The predicted molar refractivity (Wildman–Crippen MR) is 144 cm³/mol. The highest BCUT2D eigenvalue weighted by molar-refractivity contribution is 5.85. The van der Waals surface area contributed by atoms with E-state index in [1.54, 1.807) is 0 Å². The predicted octanol–water partition coefficient (Wildman–Crippen LogP) is 6.29. The van der Waals surface area contributed by atoms with E-state index >= 15 is 0 Å². The molecule has 35 heavy (non-hydrogen) atoms. The van der Waals surface area contributed by atoms with Crippen molar-refractivity contribution in [3.05, 3.63) is 36.0 Å². The van der Waals surface area contributed by atoms with Gasteiger partial charge in [0.25, 0.3) is 0 Å². The van der Waals surface area contributed by atoms with Crippen LogP contribution in [0.4, 0.5) is 0 Å². The number of ether oxygens (including phenoxy) is 1. The van der Waals surface area contributed by atoms with Gasteiger partial charge in [0, 0.05) is 37.1 Å². The molecule has 1 N–H and O–H groups in total. The molecule has 2 aromatic rings. The number of nitrogens with zero attached hydrogens (tertiary/aromatic N) is 2. The van der Waals surface area contributed by atoms with Gasteiger partial charge in [-0.3, -0.25) is 9.78 Å². The van der Waals surface area contributed by atoms with Crippen LogP contribution in [0.3, 0.4) is 0 Å². The Labute approximate surface area is 212 Å². The van der Waals surface area contributed by atoms with E-state index in [4.69, 9.17) is 4.74 Å². The molecule has 5 nitrogen and oxygen atoms in total. The van der Waals surface area contributed by atoms with Gasteiger partial charge in [-0.1, -0.05) is 45.1 Å². The number of pyridine rings is 1. The first-order valence-electron chi connectivity index (χ1n) is 14.3. The lowest BCUT2D eigenvalue weighted by molar-refractivity contribution is -0.125. The maximum absolute atomic E-state index is 12.2. The molecule has 192 valence electrons. The normalized spacial score (nSPS) is 18.1. The molecule has 1 aromatic heterocycles. The minimum Gasteiger partial charge on any atom is -0.488 e. The molecular weight excluding hydrogens is 434 g/mol. The van der Waals surface area contributed by atoms with E-state index in [0.717, 1.165) is 76.0 Å². The molecule has 2 heterocycles. The Morgan fingerprint density at radius 2 is 1.89 bits per heavy atom. The molecule has 0 atom stereocenters.